The number of rotatable bonds is 22. The molecule has 2 N–H and O–H groups in total. The summed E-state index contributed by atoms with van der Waals surface area (Å²) in [5, 5.41) is 0. The Morgan fingerprint density at radius 3 is 0.578 bits per heavy atom. The van der Waals surface area contributed by atoms with Gasteiger partial charge < -0.3 is 38.4 Å². The Labute approximate surface area is 721 Å². The molecule has 2 aliphatic heterocycles. The van der Waals surface area contributed by atoms with Crippen molar-refractivity contribution in [3.05, 3.63) is 335 Å². The number of nitrogens with one attached hydrogen (secondary N) is 2. The number of fused-ring (bicyclic) bond motifs is 8. The Morgan fingerprint density at radius 1 is 0.203 bits per heavy atom. The Hall–Kier alpha value is -13.0. The van der Waals surface area contributed by atoms with E-state index in [9.17, 15) is 43.9 Å². The van der Waals surface area contributed by atoms with Crippen LogP contribution in [0.15, 0.2) is 97.1 Å². The predicted octanol–water partition coefficient (Wildman–Crippen LogP) is 26.2. The molecule has 0 saturated heterocycles. The first-order valence-corrected chi connectivity index (χ1v) is 37.8. The molecule has 42 heteroatoms. The Balaban J connectivity index is 1.07. The van der Waals surface area contributed by atoms with Gasteiger partial charge in [0.1, 0.15) is 74.1 Å². The van der Waals surface area contributed by atoms with Crippen LogP contribution in [0.4, 0.5) is 132 Å². The zero-order valence-corrected chi connectivity index (χ0v) is 66.5. The number of H-pyrrole nitrogens is 2. The van der Waals surface area contributed by atoms with E-state index in [0.717, 1.165) is 24.3 Å². The molecule has 10 aromatic carbocycles. The Bertz CT molecular complexity index is 6350. The summed E-state index contributed by atoms with van der Waals surface area (Å²) < 4.78 is 494. The highest BCUT2D eigenvalue weighted by atomic mass is 127. The number of nitrogens with zero attached hydrogens (tertiary/aromatic N) is 2. The zero-order valence-electron chi connectivity index (χ0n) is 62.2. The van der Waals surface area contributed by atoms with Crippen LogP contribution in [-0.4, -0.2) is 19.9 Å². The molecule has 0 unspecified atom stereocenters. The zero-order chi connectivity index (χ0) is 92.1. The molecule has 0 atom stereocenters. The lowest BCUT2D eigenvalue weighted by Gasteiger charge is -2.21. The van der Waals surface area contributed by atoms with Gasteiger partial charge in [-0.1, -0.05) is 24.3 Å². The summed E-state index contributed by atoms with van der Waals surface area (Å²) in [6, 6.07) is 18.7. The normalized spacial score (nSPS) is 11.9. The van der Waals surface area contributed by atoms with Crippen LogP contribution in [0.1, 0.15) is 56.2 Å². The summed E-state index contributed by atoms with van der Waals surface area (Å²) in [6.07, 6.45) is 4.63. The SMILES string of the molecule is Fc1c(F)c(F)c(COc2cc(OCc3c(F)c(F)c(F)c(F)c3F)c(-c3c4nc(c(-c5ccc(I)cc5)c5ccc([nH]5)c(-c5c(OCc6c(F)c(F)c(F)c(F)c6F)cc(OCc6c(F)c(F)c(F)c(F)c6F)cc5OCc5c(F)c(F)c(F)c(F)c5F)c5nc(c(-c6ccc(I)cc6)c6ccc3[nH]6)C=C5)C=C4)c(OCc3c(F)c(F)c(F)c(F)c3F)c2)c(F)c1F. The molecule has 15 rings (SSSR count). The lowest BCUT2D eigenvalue weighted by Crippen LogP contribution is -2.12. The molecule has 0 amide bonds. The van der Waals surface area contributed by atoms with E-state index in [1.807, 2.05) is 45.2 Å². The highest BCUT2D eigenvalue weighted by molar-refractivity contribution is 14.1. The van der Waals surface area contributed by atoms with E-state index in [4.69, 9.17) is 38.4 Å². The number of aromatic amines is 2. The molecule has 0 saturated carbocycles. The Morgan fingerprint density at radius 2 is 0.375 bits per heavy atom. The van der Waals surface area contributed by atoms with E-state index in [-0.39, 0.29) is 44.7 Å². The average Bonchev–Trinajstić information content (AvgIpc) is 1.47. The van der Waals surface area contributed by atoms with E-state index in [1.165, 1.54) is 72.8 Å². The second kappa shape index (κ2) is 35.3. The third-order valence-electron chi connectivity index (χ3n) is 19.7. The highest BCUT2D eigenvalue weighted by Gasteiger charge is 2.37. The molecule has 0 aliphatic carbocycles. The number of benzene rings is 10. The number of hydrogen-bond donors (Lipinski definition) is 2. The first-order valence-electron chi connectivity index (χ1n) is 35.6. The van der Waals surface area contributed by atoms with Crippen LogP contribution in [0.25, 0.3) is 90.9 Å². The van der Waals surface area contributed by atoms with Gasteiger partial charge >= 0.3 is 0 Å². The largest absolute Gasteiger partial charge is 0.488 e. The van der Waals surface area contributed by atoms with Gasteiger partial charge in [0, 0.05) is 75.7 Å². The van der Waals surface area contributed by atoms with E-state index >= 15 is 87.8 Å². The van der Waals surface area contributed by atoms with Gasteiger partial charge in [0.15, 0.2) is 140 Å². The standard InChI is InChI=1S/C86H34F30I2N4O6/c87-57-33(58(88)70(100)81(111)69(57)99)21-123-31-17-47(125-23-35-61(91)73(103)83(113)74(104)62(35)92)55(48(18-31)126-24-36-63(93)75(105)84(114)76(106)64(36)94)53-43-13-9-39(119-43)51(27-1-5-29(117)6-2-27)40-10-14-44(120-40)54(46-16-12-42(122-46)52(41-11-15-45(53)121-41)28-3-7-30(118)8-4-28)56-49(127-25-37-65(95)77(107)85(115)78(108)66(37)96)19-32(124-22-34-59(89)71(101)82(112)72(102)60(34)90)20-50(56)128-26-38-67(97)79(109)86(116)80(110)68(38)98/h1-20,119,122H,21-26H2. The summed E-state index contributed by atoms with van der Waals surface area (Å²) in [5.41, 5.74) is -16.6. The molecule has 2 aliphatic rings. The maximum Gasteiger partial charge on any atom is 0.200 e. The molecule has 0 fully saturated rings. The van der Waals surface area contributed by atoms with Crippen molar-refractivity contribution < 1.29 is 160 Å². The van der Waals surface area contributed by atoms with Gasteiger partial charge in [0.05, 0.1) is 67.3 Å². The van der Waals surface area contributed by atoms with Gasteiger partial charge in [-0.3, -0.25) is 0 Å². The predicted molar refractivity (Wildman–Crippen MR) is 409 cm³/mol. The van der Waals surface area contributed by atoms with Crippen molar-refractivity contribution in [2.75, 3.05) is 0 Å². The maximum absolute atomic E-state index is 16.0. The van der Waals surface area contributed by atoms with Gasteiger partial charge in [0.2, 0.25) is 34.9 Å². The average molecular weight is 2040 g/mol. The Kier molecular flexibility index (Phi) is 24.8. The maximum atomic E-state index is 16.0. The van der Waals surface area contributed by atoms with Crippen LogP contribution in [0.2, 0.25) is 0 Å². The number of halogens is 32. The van der Waals surface area contributed by atoms with Crippen molar-refractivity contribution in [3.8, 4) is 79.0 Å². The third-order valence-corrected chi connectivity index (χ3v) is 21.1. The topological polar surface area (TPSA) is 113 Å². The lowest BCUT2D eigenvalue weighted by atomic mass is 10.0. The number of aromatic nitrogens is 4. The highest BCUT2D eigenvalue weighted by Crippen LogP contribution is 2.51. The molecule has 3 aromatic heterocycles. The van der Waals surface area contributed by atoms with E-state index < -0.39 is 327 Å². The summed E-state index contributed by atoms with van der Waals surface area (Å²) in [6.45, 7) is -10.9. The fraction of sp³-hybridized carbons (Fsp3) is 0.0698. The van der Waals surface area contributed by atoms with Crippen molar-refractivity contribution in [3.63, 3.8) is 0 Å². The summed E-state index contributed by atoms with van der Waals surface area (Å²) >= 11 is 3.76. The monoisotopic (exact) mass is 2040 g/mol. The van der Waals surface area contributed by atoms with Gasteiger partial charge in [-0.15, -0.1) is 0 Å². The third kappa shape index (κ3) is 16.1. The molecule has 0 radical (unpaired) electrons. The van der Waals surface area contributed by atoms with Crippen molar-refractivity contribution in [1.29, 1.82) is 0 Å². The summed E-state index contributed by atoms with van der Waals surface area (Å²) in [5.74, 6) is -84.3. The quantitative estimate of drug-likeness (QED) is 0.0299. The fourth-order valence-corrected chi connectivity index (χ4v) is 14.1. The van der Waals surface area contributed by atoms with Crippen LogP contribution < -0.4 is 28.4 Å². The molecular formula is C86H34F30I2N4O6. The molecule has 0 spiro atoms. The van der Waals surface area contributed by atoms with Gasteiger partial charge in [-0.05, 0) is 129 Å². The van der Waals surface area contributed by atoms with Crippen molar-refractivity contribution in [2.24, 2.45) is 0 Å². The molecule has 10 nitrogen and oxygen atoms in total. The first-order chi connectivity index (χ1) is 60.8. The summed E-state index contributed by atoms with van der Waals surface area (Å²) in [4.78, 5) is 16.0. The summed E-state index contributed by atoms with van der Waals surface area (Å²) in [7, 11) is 0. The van der Waals surface area contributed by atoms with Crippen LogP contribution >= 0.6 is 45.2 Å². The molecule has 13 aromatic rings. The van der Waals surface area contributed by atoms with E-state index in [1.54, 1.807) is 0 Å². The minimum Gasteiger partial charge on any atom is -0.488 e. The molecule has 658 valence electrons. The van der Waals surface area contributed by atoms with Crippen molar-refractivity contribution in [1.82, 2.24) is 19.9 Å². The van der Waals surface area contributed by atoms with Gasteiger partial charge in [-0.25, -0.2) is 142 Å². The molecule has 5 heterocycles. The van der Waals surface area contributed by atoms with E-state index in [0.29, 0.717) is 31.4 Å². The molecule has 8 bridgehead atoms. The molecular weight excluding hydrogens is 2010 g/mol. The van der Waals surface area contributed by atoms with Crippen LogP contribution in [0.3, 0.4) is 0 Å². The fourth-order valence-electron chi connectivity index (χ4n) is 13.4. The second-order valence-corrected chi connectivity index (χ2v) is 29.6. The van der Waals surface area contributed by atoms with Crippen LogP contribution in [0.5, 0.6) is 34.5 Å². The minimum absolute atomic E-state index is 0.0864. The number of hydrogen-bond acceptors (Lipinski definition) is 8. The van der Waals surface area contributed by atoms with E-state index in [2.05, 4.69) is 9.97 Å². The van der Waals surface area contributed by atoms with Gasteiger partial charge in [0.25, 0.3) is 0 Å². The van der Waals surface area contributed by atoms with Crippen molar-refractivity contribution in [2.45, 2.75) is 39.6 Å². The minimum atomic E-state index is -2.71. The number of ether oxygens (including phenoxy) is 6. The smallest absolute Gasteiger partial charge is 0.200 e. The van der Waals surface area contributed by atoms with Crippen LogP contribution in [-0.2, 0) is 39.6 Å². The van der Waals surface area contributed by atoms with Gasteiger partial charge in [-0.2, -0.15) is 0 Å². The lowest BCUT2D eigenvalue weighted by molar-refractivity contribution is 0.255. The second-order valence-electron chi connectivity index (χ2n) is 27.1. The molecule has 128 heavy (non-hydrogen) atoms. The van der Waals surface area contributed by atoms with Crippen molar-refractivity contribution >= 4 is 91.6 Å². The van der Waals surface area contributed by atoms with Crippen LogP contribution in [0, 0.1) is 182 Å². The first kappa shape index (κ1) is 89.8.